The molecule has 0 saturated carbocycles. The van der Waals surface area contributed by atoms with E-state index >= 15 is 0 Å². The largest absolute Gasteiger partial charge is 0.481 e. The van der Waals surface area contributed by atoms with Crippen molar-refractivity contribution in [2.45, 2.75) is 70.5 Å². The first-order chi connectivity index (χ1) is 15.4. The highest BCUT2D eigenvalue weighted by atomic mass is 16.5. The maximum absolute atomic E-state index is 13.1. The number of amides is 2. The first-order valence-electron chi connectivity index (χ1n) is 11.6. The third kappa shape index (κ3) is 5.97. The van der Waals surface area contributed by atoms with E-state index in [1.807, 2.05) is 24.3 Å². The number of carbonyl (C=O) groups excluding carboxylic acids is 2. The Morgan fingerprint density at radius 2 is 1.84 bits per heavy atom. The molecule has 2 amide bonds. The van der Waals surface area contributed by atoms with Crippen molar-refractivity contribution in [1.82, 2.24) is 10.6 Å². The second kappa shape index (κ2) is 11.3. The van der Waals surface area contributed by atoms with Gasteiger partial charge in [0, 0.05) is 18.9 Å². The lowest BCUT2D eigenvalue weighted by atomic mass is 9.75. The number of benzene rings is 1. The SMILES string of the molecule is C=C(NC(=O)C1C2CCC(O2)C1Cc1ccccc1CCC(=O)O)C(=O)NCCCCC. The van der Waals surface area contributed by atoms with Crippen molar-refractivity contribution < 1.29 is 24.2 Å². The lowest BCUT2D eigenvalue weighted by Crippen LogP contribution is -2.44. The number of carboxylic acids is 1. The Hall–Kier alpha value is -2.67. The number of nitrogens with one attached hydrogen (secondary N) is 2. The van der Waals surface area contributed by atoms with Gasteiger partial charge in [0.25, 0.3) is 5.91 Å². The minimum absolute atomic E-state index is 0.000541. The molecular weight excluding hydrogens is 408 g/mol. The molecule has 0 aromatic heterocycles. The quantitative estimate of drug-likeness (QED) is 0.341. The number of aryl methyl sites for hydroxylation is 1. The standard InChI is InChI=1S/C25H34N2O5/c1-3-4-7-14-26-24(30)16(2)27-25(31)23-19(20-11-12-21(23)32-20)15-18-9-6-5-8-17(18)10-13-22(28)29/h5-6,8-9,19-21,23H,2-4,7,10-15H2,1H3,(H,26,30)(H,27,31)(H,28,29). The third-order valence-electron chi connectivity index (χ3n) is 6.52. The van der Waals surface area contributed by atoms with E-state index in [-0.39, 0.29) is 48.0 Å². The highest BCUT2D eigenvalue weighted by molar-refractivity contribution is 5.97. The van der Waals surface area contributed by atoms with Crippen molar-refractivity contribution >= 4 is 17.8 Å². The molecule has 2 aliphatic heterocycles. The molecule has 2 fully saturated rings. The summed E-state index contributed by atoms with van der Waals surface area (Å²) in [6, 6.07) is 7.80. The van der Waals surface area contributed by atoms with Crippen LogP contribution in [0.2, 0.25) is 0 Å². The van der Waals surface area contributed by atoms with Gasteiger partial charge in [-0.25, -0.2) is 0 Å². The molecule has 3 N–H and O–H groups in total. The van der Waals surface area contributed by atoms with Gasteiger partial charge in [0.05, 0.1) is 23.8 Å². The summed E-state index contributed by atoms with van der Waals surface area (Å²) in [5.74, 6) is -1.77. The van der Waals surface area contributed by atoms with Crippen LogP contribution < -0.4 is 10.6 Å². The molecule has 3 rings (SSSR count). The Balaban J connectivity index is 1.64. The van der Waals surface area contributed by atoms with Gasteiger partial charge in [0.2, 0.25) is 5.91 Å². The lowest BCUT2D eigenvalue weighted by Gasteiger charge is -2.28. The van der Waals surface area contributed by atoms with Crippen LogP contribution in [0.4, 0.5) is 0 Å². The fraction of sp³-hybridized carbons (Fsp3) is 0.560. The van der Waals surface area contributed by atoms with Crippen molar-refractivity contribution in [3.63, 3.8) is 0 Å². The van der Waals surface area contributed by atoms with Gasteiger partial charge in [-0.15, -0.1) is 0 Å². The molecule has 0 radical (unpaired) electrons. The minimum Gasteiger partial charge on any atom is -0.481 e. The third-order valence-corrected chi connectivity index (χ3v) is 6.52. The van der Waals surface area contributed by atoms with E-state index in [1.54, 1.807) is 0 Å². The van der Waals surface area contributed by atoms with E-state index in [0.29, 0.717) is 19.4 Å². The summed E-state index contributed by atoms with van der Waals surface area (Å²) >= 11 is 0. The molecule has 0 aliphatic carbocycles. The summed E-state index contributed by atoms with van der Waals surface area (Å²) in [5, 5.41) is 14.6. The smallest absolute Gasteiger partial charge is 0.303 e. The topological polar surface area (TPSA) is 105 Å². The van der Waals surface area contributed by atoms with Crippen molar-refractivity contribution in [3.05, 3.63) is 47.7 Å². The second-order valence-electron chi connectivity index (χ2n) is 8.78. The van der Waals surface area contributed by atoms with Gasteiger partial charge in [0.15, 0.2) is 0 Å². The van der Waals surface area contributed by atoms with Crippen LogP contribution in [0, 0.1) is 11.8 Å². The summed E-state index contributed by atoms with van der Waals surface area (Å²) in [7, 11) is 0. The van der Waals surface area contributed by atoms with Crippen LogP contribution in [0.5, 0.6) is 0 Å². The number of hydrogen-bond acceptors (Lipinski definition) is 4. The maximum Gasteiger partial charge on any atom is 0.303 e. The Labute approximate surface area is 189 Å². The van der Waals surface area contributed by atoms with Crippen LogP contribution in [0.1, 0.15) is 56.6 Å². The van der Waals surface area contributed by atoms with E-state index in [2.05, 4.69) is 24.1 Å². The summed E-state index contributed by atoms with van der Waals surface area (Å²) in [6.45, 7) is 6.41. The van der Waals surface area contributed by atoms with Gasteiger partial charge >= 0.3 is 5.97 Å². The predicted molar refractivity (Wildman–Crippen MR) is 121 cm³/mol. The van der Waals surface area contributed by atoms with Crippen LogP contribution in [-0.2, 0) is 32.0 Å². The summed E-state index contributed by atoms with van der Waals surface area (Å²) in [4.78, 5) is 36.4. The molecule has 32 heavy (non-hydrogen) atoms. The highest BCUT2D eigenvalue weighted by Gasteiger charge is 2.52. The van der Waals surface area contributed by atoms with Gasteiger partial charge in [-0.1, -0.05) is 50.6 Å². The number of hydrogen-bond donors (Lipinski definition) is 3. The monoisotopic (exact) mass is 442 g/mol. The molecule has 7 heteroatoms. The number of carboxylic acid groups (broad SMARTS) is 1. The summed E-state index contributed by atoms with van der Waals surface area (Å²) < 4.78 is 6.08. The Morgan fingerprint density at radius 1 is 1.12 bits per heavy atom. The van der Waals surface area contributed by atoms with Gasteiger partial charge in [-0.2, -0.15) is 0 Å². The van der Waals surface area contributed by atoms with Crippen LogP contribution in [0.25, 0.3) is 0 Å². The number of unbranched alkanes of at least 4 members (excludes halogenated alkanes) is 2. The van der Waals surface area contributed by atoms with Crippen molar-refractivity contribution in [1.29, 1.82) is 0 Å². The molecule has 2 bridgehead atoms. The summed E-state index contributed by atoms with van der Waals surface area (Å²) in [5.41, 5.74) is 2.11. The van der Waals surface area contributed by atoms with Crippen LogP contribution in [0.15, 0.2) is 36.5 Å². The molecule has 0 spiro atoms. The molecule has 174 valence electrons. The molecule has 2 aliphatic rings. The van der Waals surface area contributed by atoms with E-state index in [4.69, 9.17) is 9.84 Å². The second-order valence-corrected chi connectivity index (χ2v) is 8.78. The minimum atomic E-state index is -0.827. The van der Waals surface area contributed by atoms with E-state index in [0.717, 1.165) is 43.2 Å². The first-order valence-corrected chi connectivity index (χ1v) is 11.6. The molecule has 1 aromatic carbocycles. The highest BCUT2D eigenvalue weighted by Crippen LogP contribution is 2.45. The van der Waals surface area contributed by atoms with Crippen molar-refractivity contribution in [3.8, 4) is 0 Å². The molecule has 7 nitrogen and oxygen atoms in total. The van der Waals surface area contributed by atoms with Gasteiger partial charge < -0.3 is 20.5 Å². The summed E-state index contributed by atoms with van der Waals surface area (Å²) in [6.07, 6.45) is 5.76. The van der Waals surface area contributed by atoms with Crippen LogP contribution >= 0.6 is 0 Å². The van der Waals surface area contributed by atoms with Crippen LogP contribution in [0.3, 0.4) is 0 Å². The molecule has 1 aromatic rings. The normalized spacial score (nSPS) is 23.7. The number of fused-ring (bicyclic) bond motifs is 2. The number of rotatable bonds is 12. The first kappa shape index (κ1) is 24.0. The Morgan fingerprint density at radius 3 is 2.56 bits per heavy atom. The van der Waals surface area contributed by atoms with Crippen molar-refractivity contribution in [2.24, 2.45) is 11.8 Å². The van der Waals surface area contributed by atoms with E-state index in [1.165, 1.54) is 0 Å². The number of carbonyl (C=O) groups is 3. The Bertz CT molecular complexity index is 852. The average molecular weight is 443 g/mol. The lowest BCUT2D eigenvalue weighted by molar-refractivity contribution is -0.137. The molecule has 4 unspecified atom stereocenters. The zero-order valence-corrected chi connectivity index (χ0v) is 18.8. The van der Waals surface area contributed by atoms with E-state index in [9.17, 15) is 14.4 Å². The fourth-order valence-electron chi connectivity index (χ4n) is 4.87. The van der Waals surface area contributed by atoms with Crippen molar-refractivity contribution in [2.75, 3.05) is 6.54 Å². The zero-order chi connectivity index (χ0) is 23.1. The molecule has 2 heterocycles. The number of aliphatic carboxylic acids is 1. The van der Waals surface area contributed by atoms with Crippen LogP contribution in [-0.4, -0.2) is 41.6 Å². The predicted octanol–water partition coefficient (Wildman–Crippen LogP) is 2.98. The molecule has 4 atom stereocenters. The zero-order valence-electron chi connectivity index (χ0n) is 18.8. The van der Waals surface area contributed by atoms with E-state index < -0.39 is 5.97 Å². The van der Waals surface area contributed by atoms with Gasteiger partial charge in [0.1, 0.15) is 0 Å². The average Bonchev–Trinajstić information content (AvgIpc) is 3.37. The Kier molecular flexibility index (Phi) is 8.45. The molecular formula is C25H34N2O5. The van der Waals surface area contributed by atoms with Gasteiger partial charge in [-0.05, 0) is 43.2 Å². The number of ether oxygens (including phenoxy) is 1. The fourth-order valence-corrected chi connectivity index (χ4v) is 4.87. The van der Waals surface area contributed by atoms with Gasteiger partial charge in [-0.3, -0.25) is 14.4 Å². The maximum atomic E-state index is 13.1. The molecule has 2 saturated heterocycles.